The molecule has 2 nitrogen and oxygen atoms in total. The first-order valence-electron chi connectivity index (χ1n) is 6.14. The van der Waals surface area contributed by atoms with Gasteiger partial charge in [-0.1, -0.05) is 33.6 Å². The van der Waals surface area contributed by atoms with Crippen LogP contribution >= 0.6 is 15.9 Å². The molecule has 0 aliphatic heterocycles. The summed E-state index contributed by atoms with van der Waals surface area (Å²) in [6, 6.07) is 10.3. The van der Waals surface area contributed by atoms with Gasteiger partial charge in [0, 0.05) is 27.1 Å². The van der Waals surface area contributed by atoms with Crippen molar-refractivity contribution in [1.82, 2.24) is 4.98 Å². The highest BCUT2D eigenvalue weighted by molar-refractivity contribution is 9.10. The molecule has 1 aromatic heterocycles. The van der Waals surface area contributed by atoms with Gasteiger partial charge in [0.1, 0.15) is 5.82 Å². The van der Waals surface area contributed by atoms with Crippen molar-refractivity contribution in [3.8, 4) is 0 Å². The Morgan fingerprint density at radius 3 is 2.80 bits per heavy atom. The average molecular weight is 332 g/mol. The van der Waals surface area contributed by atoms with Crippen LogP contribution in [0.25, 0.3) is 10.9 Å². The van der Waals surface area contributed by atoms with E-state index in [0.29, 0.717) is 26.5 Å². The van der Waals surface area contributed by atoms with Crippen molar-refractivity contribution in [1.29, 1.82) is 0 Å². The van der Waals surface area contributed by atoms with Crippen LogP contribution in [0.3, 0.4) is 0 Å². The fraction of sp³-hybridized carbons (Fsp3) is 0.0625. The van der Waals surface area contributed by atoms with Crippen LogP contribution in [0.4, 0.5) is 4.39 Å². The lowest BCUT2D eigenvalue weighted by molar-refractivity contribution is 0.103. The van der Waals surface area contributed by atoms with E-state index in [4.69, 9.17) is 0 Å². The number of aryl methyl sites for hydroxylation is 1. The first-order chi connectivity index (χ1) is 9.58. The molecule has 0 radical (unpaired) electrons. The van der Waals surface area contributed by atoms with Crippen LogP contribution in [0, 0.1) is 12.7 Å². The Hall–Kier alpha value is -1.94. The zero-order valence-corrected chi connectivity index (χ0v) is 12.3. The molecule has 1 heterocycles. The van der Waals surface area contributed by atoms with Crippen LogP contribution in [-0.4, -0.2) is 10.8 Å². The maximum absolute atomic E-state index is 14.0. The van der Waals surface area contributed by atoms with Gasteiger partial charge in [-0.05, 0) is 31.2 Å². The molecule has 0 aliphatic carbocycles. The Kier molecular flexibility index (Phi) is 3.18. The lowest BCUT2D eigenvalue weighted by Crippen LogP contribution is -2.02. The van der Waals surface area contributed by atoms with Gasteiger partial charge >= 0.3 is 0 Å². The minimum absolute atomic E-state index is 0.197. The minimum Gasteiger partial charge on any atom is -0.360 e. The lowest BCUT2D eigenvalue weighted by atomic mass is 10.0. The van der Waals surface area contributed by atoms with Gasteiger partial charge in [0.2, 0.25) is 0 Å². The number of hydrogen-bond donors (Lipinski definition) is 1. The summed E-state index contributed by atoms with van der Waals surface area (Å²) in [5, 5.41) is 0.339. The van der Waals surface area contributed by atoms with Gasteiger partial charge in [-0.2, -0.15) is 0 Å². The van der Waals surface area contributed by atoms with E-state index >= 15 is 0 Å². The molecule has 0 atom stereocenters. The van der Waals surface area contributed by atoms with E-state index in [1.165, 1.54) is 6.07 Å². The summed E-state index contributed by atoms with van der Waals surface area (Å²) in [7, 11) is 0. The fourth-order valence-corrected chi connectivity index (χ4v) is 2.70. The molecular weight excluding hydrogens is 321 g/mol. The predicted molar refractivity (Wildman–Crippen MR) is 80.6 cm³/mol. The Morgan fingerprint density at radius 2 is 2.00 bits per heavy atom. The minimum atomic E-state index is -0.393. The quantitative estimate of drug-likeness (QED) is 0.683. The highest BCUT2D eigenvalue weighted by atomic mass is 79.9. The molecule has 0 spiro atoms. The molecule has 3 rings (SSSR count). The number of aromatic amines is 1. The zero-order valence-electron chi connectivity index (χ0n) is 10.7. The smallest absolute Gasteiger partial charge is 0.196 e. The normalized spacial score (nSPS) is 10.9. The first kappa shape index (κ1) is 13.1. The number of hydrogen-bond acceptors (Lipinski definition) is 1. The molecule has 4 heteroatoms. The lowest BCUT2D eigenvalue weighted by Gasteiger charge is -2.04. The Bertz CT molecular complexity index is 822. The number of H-pyrrole nitrogens is 1. The monoisotopic (exact) mass is 331 g/mol. The van der Waals surface area contributed by atoms with Gasteiger partial charge in [-0.15, -0.1) is 0 Å². The maximum atomic E-state index is 14.0. The molecule has 2 aromatic carbocycles. The van der Waals surface area contributed by atoms with E-state index < -0.39 is 5.82 Å². The van der Waals surface area contributed by atoms with E-state index in [1.54, 1.807) is 24.4 Å². The number of rotatable bonds is 2. The van der Waals surface area contributed by atoms with Gasteiger partial charge in [0.05, 0.1) is 5.56 Å². The number of ketones is 1. The summed E-state index contributed by atoms with van der Waals surface area (Å²) in [6.07, 6.45) is 1.56. The number of benzene rings is 2. The summed E-state index contributed by atoms with van der Waals surface area (Å²) < 4.78 is 14.7. The third kappa shape index (κ3) is 2.06. The SMILES string of the molecule is Cc1ccc(Br)c(C(=O)c2c[nH]c3cccc(F)c23)c1. The highest BCUT2D eigenvalue weighted by Crippen LogP contribution is 2.27. The number of fused-ring (bicyclic) bond motifs is 1. The molecule has 0 amide bonds. The van der Waals surface area contributed by atoms with Crippen molar-refractivity contribution in [2.75, 3.05) is 0 Å². The molecule has 0 bridgehead atoms. The largest absolute Gasteiger partial charge is 0.360 e. The number of carbonyl (C=O) groups excluding carboxylic acids is 1. The number of aromatic nitrogens is 1. The molecule has 0 saturated heterocycles. The predicted octanol–water partition coefficient (Wildman–Crippen LogP) is 4.61. The van der Waals surface area contributed by atoms with Crippen molar-refractivity contribution in [3.05, 3.63) is 69.6 Å². The molecule has 3 aromatic rings. The third-order valence-electron chi connectivity index (χ3n) is 3.27. The van der Waals surface area contributed by atoms with Gasteiger partial charge in [0.15, 0.2) is 5.78 Å². The van der Waals surface area contributed by atoms with E-state index in [0.717, 1.165) is 5.56 Å². The summed E-state index contributed by atoms with van der Waals surface area (Å²) in [4.78, 5) is 15.6. The Morgan fingerprint density at radius 1 is 1.20 bits per heavy atom. The molecule has 20 heavy (non-hydrogen) atoms. The number of halogens is 2. The summed E-state index contributed by atoms with van der Waals surface area (Å²) in [5.74, 6) is -0.590. The number of nitrogens with one attached hydrogen (secondary N) is 1. The molecular formula is C16H11BrFNO. The Balaban J connectivity index is 2.21. The molecule has 0 fully saturated rings. The van der Waals surface area contributed by atoms with E-state index in [2.05, 4.69) is 20.9 Å². The topological polar surface area (TPSA) is 32.9 Å². The second-order valence-electron chi connectivity index (χ2n) is 4.68. The van der Waals surface area contributed by atoms with Crippen molar-refractivity contribution >= 4 is 32.6 Å². The average Bonchev–Trinajstić information content (AvgIpc) is 2.86. The Labute approximate surface area is 123 Å². The van der Waals surface area contributed by atoms with Gasteiger partial charge in [-0.3, -0.25) is 4.79 Å². The molecule has 0 unspecified atom stereocenters. The summed E-state index contributed by atoms with van der Waals surface area (Å²) >= 11 is 3.37. The van der Waals surface area contributed by atoms with Crippen LogP contribution in [0.15, 0.2) is 47.1 Å². The van der Waals surface area contributed by atoms with Crippen LogP contribution in [0.5, 0.6) is 0 Å². The van der Waals surface area contributed by atoms with Crippen LogP contribution in [0.1, 0.15) is 21.5 Å². The standard InChI is InChI=1S/C16H11BrFNO/c1-9-5-6-12(17)10(7-9)16(20)11-8-19-14-4-2-3-13(18)15(11)14/h2-8,19H,1H3. The van der Waals surface area contributed by atoms with E-state index in [1.807, 2.05) is 19.1 Å². The van der Waals surface area contributed by atoms with Crippen LogP contribution in [-0.2, 0) is 0 Å². The molecule has 100 valence electrons. The van der Waals surface area contributed by atoms with E-state index in [-0.39, 0.29) is 5.78 Å². The van der Waals surface area contributed by atoms with Crippen LogP contribution in [0.2, 0.25) is 0 Å². The second-order valence-corrected chi connectivity index (χ2v) is 5.53. The first-order valence-corrected chi connectivity index (χ1v) is 6.93. The number of carbonyl (C=O) groups is 1. The fourth-order valence-electron chi connectivity index (χ4n) is 2.28. The van der Waals surface area contributed by atoms with Crippen LogP contribution < -0.4 is 0 Å². The van der Waals surface area contributed by atoms with Gasteiger partial charge in [-0.25, -0.2) is 4.39 Å². The highest BCUT2D eigenvalue weighted by Gasteiger charge is 2.18. The van der Waals surface area contributed by atoms with Gasteiger partial charge < -0.3 is 4.98 Å². The van der Waals surface area contributed by atoms with Crippen molar-refractivity contribution < 1.29 is 9.18 Å². The third-order valence-corrected chi connectivity index (χ3v) is 3.96. The molecule has 1 N–H and O–H groups in total. The van der Waals surface area contributed by atoms with Crippen molar-refractivity contribution in [2.45, 2.75) is 6.92 Å². The van der Waals surface area contributed by atoms with Gasteiger partial charge in [0.25, 0.3) is 0 Å². The summed E-state index contributed by atoms with van der Waals surface area (Å²) in [6.45, 7) is 1.92. The van der Waals surface area contributed by atoms with Crippen molar-refractivity contribution in [3.63, 3.8) is 0 Å². The van der Waals surface area contributed by atoms with Crippen molar-refractivity contribution in [2.24, 2.45) is 0 Å². The molecule has 0 aliphatic rings. The zero-order chi connectivity index (χ0) is 14.3. The summed E-state index contributed by atoms with van der Waals surface area (Å²) in [5.41, 5.74) is 2.49. The second kappa shape index (κ2) is 4.87. The molecule has 0 saturated carbocycles. The maximum Gasteiger partial charge on any atom is 0.196 e. The van der Waals surface area contributed by atoms with E-state index in [9.17, 15) is 9.18 Å².